The summed E-state index contributed by atoms with van der Waals surface area (Å²) in [7, 11) is -3.05. The maximum Gasteiger partial charge on any atom is 0.238 e. The van der Waals surface area contributed by atoms with Crippen molar-refractivity contribution in [1.82, 2.24) is 10.2 Å². The van der Waals surface area contributed by atoms with Crippen molar-refractivity contribution < 1.29 is 18.0 Å². The fourth-order valence-corrected chi connectivity index (χ4v) is 4.90. The minimum atomic E-state index is -3.05. The molecule has 1 saturated carbocycles. The molecule has 7 heteroatoms. The molecule has 0 radical (unpaired) electrons. The van der Waals surface area contributed by atoms with Crippen LogP contribution >= 0.6 is 0 Å². The molecule has 1 N–H and O–H groups in total. The van der Waals surface area contributed by atoms with Crippen LogP contribution in [0.5, 0.6) is 0 Å². The van der Waals surface area contributed by atoms with Crippen LogP contribution in [0.2, 0.25) is 0 Å². The molecule has 2 aliphatic rings. The molecule has 2 amide bonds. The molecule has 0 aromatic carbocycles. The van der Waals surface area contributed by atoms with Crippen molar-refractivity contribution in [2.24, 2.45) is 11.3 Å². The summed E-state index contributed by atoms with van der Waals surface area (Å²) in [5.74, 6) is 0.274. The first kappa shape index (κ1) is 18.2. The van der Waals surface area contributed by atoms with Crippen LogP contribution in [0.3, 0.4) is 0 Å². The number of nitrogens with one attached hydrogen (secondary N) is 1. The van der Waals surface area contributed by atoms with Crippen LogP contribution in [0.4, 0.5) is 0 Å². The Balaban J connectivity index is 2.01. The normalized spacial score (nSPS) is 24.4. The Hall–Kier alpha value is -1.11. The predicted octanol–water partition coefficient (Wildman–Crippen LogP) is 0.965. The molecular weight excluding hydrogens is 316 g/mol. The third-order valence-electron chi connectivity index (χ3n) is 4.85. The SMILES string of the molecule is CCN(C(=O)C1(C(=O)NCCC(C)C)CC1)C1CCS(=O)(=O)C1. The second-order valence-electron chi connectivity index (χ2n) is 7.17. The minimum absolute atomic E-state index is 0.0254. The lowest BCUT2D eigenvalue weighted by atomic mass is 10.0. The van der Waals surface area contributed by atoms with Crippen LogP contribution in [0, 0.1) is 11.3 Å². The number of carbonyl (C=O) groups excluding carboxylic acids is 2. The molecule has 1 heterocycles. The molecule has 0 bridgehead atoms. The van der Waals surface area contributed by atoms with E-state index in [1.165, 1.54) is 0 Å². The summed E-state index contributed by atoms with van der Waals surface area (Å²) in [5, 5.41) is 2.88. The van der Waals surface area contributed by atoms with Crippen LogP contribution in [0.25, 0.3) is 0 Å². The Morgan fingerprint density at radius 3 is 2.39 bits per heavy atom. The topological polar surface area (TPSA) is 83.6 Å². The van der Waals surface area contributed by atoms with Gasteiger partial charge in [-0.15, -0.1) is 0 Å². The second-order valence-corrected chi connectivity index (χ2v) is 9.40. The fraction of sp³-hybridized carbons (Fsp3) is 0.875. The molecule has 1 saturated heterocycles. The molecule has 1 atom stereocenters. The van der Waals surface area contributed by atoms with E-state index in [0.29, 0.717) is 38.3 Å². The predicted molar refractivity (Wildman–Crippen MR) is 88.6 cm³/mol. The summed E-state index contributed by atoms with van der Waals surface area (Å²) in [5.41, 5.74) is -0.945. The molecule has 1 unspecified atom stereocenters. The number of amides is 2. The summed E-state index contributed by atoms with van der Waals surface area (Å²) in [4.78, 5) is 26.9. The zero-order valence-electron chi connectivity index (χ0n) is 14.3. The largest absolute Gasteiger partial charge is 0.355 e. The standard InChI is InChI=1S/C16H28N2O4S/c1-4-18(13-6-10-23(21,22)11-13)15(20)16(7-8-16)14(19)17-9-5-12(2)3/h12-13H,4-11H2,1-3H3,(H,17,19). The summed E-state index contributed by atoms with van der Waals surface area (Å²) >= 11 is 0. The Kier molecular flexibility index (Phi) is 5.38. The van der Waals surface area contributed by atoms with Gasteiger partial charge < -0.3 is 10.2 Å². The highest BCUT2D eigenvalue weighted by atomic mass is 32.2. The zero-order valence-corrected chi connectivity index (χ0v) is 15.1. The van der Waals surface area contributed by atoms with Gasteiger partial charge in [-0.25, -0.2) is 8.42 Å². The number of hydrogen-bond donors (Lipinski definition) is 1. The van der Waals surface area contributed by atoms with E-state index in [-0.39, 0.29) is 29.4 Å². The van der Waals surface area contributed by atoms with Crippen molar-refractivity contribution in [3.8, 4) is 0 Å². The minimum Gasteiger partial charge on any atom is -0.355 e. The monoisotopic (exact) mass is 344 g/mol. The van der Waals surface area contributed by atoms with Gasteiger partial charge in [0.15, 0.2) is 9.84 Å². The van der Waals surface area contributed by atoms with Gasteiger partial charge in [0.25, 0.3) is 0 Å². The van der Waals surface area contributed by atoms with Crippen LogP contribution in [-0.2, 0) is 19.4 Å². The zero-order chi connectivity index (χ0) is 17.3. The Bertz CT molecular complexity index is 567. The molecule has 0 aromatic rings. The highest BCUT2D eigenvalue weighted by Gasteiger charge is 2.58. The first-order valence-electron chi connectivity index (χ1n) is 8.51. The van der Waals surface area contributed by atoms with Crippen LogP contribution < -0.4 is 5.32 Å². The van der Waals surface area contributed by atoms with Gasteiger partial charge in [0.1, 0.15) is 5.41 Å². The molecule has 132 valence electrons. The average molecular weight is 344 g/mol. The first-order chi connectivity index (χ1) is 10.7. The van der Waals surface area contributed by atoms with Crippen molar-refractivity contribution in [2.75, 3.05) is 24.6 Å². The van der Waals surface area contributed by atoms with Gasteiger partial charge in [-0.3, -0.25) is 9.59 Å². The smallest absolute Gasteiger partial charge is 0.238 e. The van der Waals surface area contributed by atoms with E-state index in [0.717, 1.165) is 6.42 Å². The third kappa shape index (κ3) is 4.05. The third-order valence-corrected chi connectivity index (χ3v) is 6.60. The van der Waals surface area contributed by atoms with Crippen molar-refractivity contribution in [3.63, 3.8) is 0 Å². The van der Waals surface area contributed by atoms with Crippen LogP contribution in [-0.4, -0.2) is 55.8 Å². The van der Waals surface area contributed by atoms with Gasteiger partial charge in [-0.1, -0.05) is 13.8 Å². The Morgan fingerprint density at radius 2 is 1.96 bits per heavy atom. The number of carbonyl (C=O) groups is 2. The lowest BCUT2D eigenvalue weighted by Gasteiger charge is -2.30. The summed E-state index contributed by atoms with van der Waals surface area (Å²) < 4.78 is 23.3. The van der Waals surface area contributed by atoms with E-state index in [4.69, 9.17) is 0 Å². The lowest BCUT2D eigenvalue weighted by Crippen LogP contribution is -2.49. The summed E-state index contributed by atoms with van der Waals surface area (Å²) in [6, 6.07) is -0.279. The molecule has 23 heavy (non-hydrogen) atoms. The van der Waals surface area contributed by atoms with Crippen molar-refractivity contribution in [1.29, 1.82) is 0 Å². The first-order valence-corrected chi connectivity index (χ1v) is 10.3. The highest BCUT2D eigenvalue weighted by Crippen LogP contribution is 2.48. The van der Waals surface area contributed by atoms with Crippen LogP contribution in [0.15, 0.2) is 0 Å². The maximum atomic E-state index is 12.9. The Labute approximate surface area is 138 Å². The van der Waals surface area contributed by atoms with Crippen molar-refractivity contribution in [3.05, 3.63) is 0 Å². The van der Waals surface area contributed by atoms with Crippen molar-refractivity contribution >= 4 is 21.7 Å². The van der Waals surface area contributed by atoms with E-state index in [1.54, 1.807) is 4.90 Å². The van der Waals surface area contributed by atoms with E-state index >= 15 is 0 Å². The van der Waals surface area contributed by atoms with Gasteiger partial charge in [0, 0.05) is 19.1 Å². The van der Waals surface area contributed by atoms with Gasteiger partial charge in [-0.2, -0.15) is 0 Å². The second kappa shape index (κ2) is 6.79. The highest BCUT2D eigenvalue weighted by molar-refractivity contribution is 7.91. The fourth-order valence-electron chi connectivity index (χ4n) is 3.17. The van der Waals surface area contributed by atoms with Gasteiger partial charge in [0.2, 0.25) is 11.8 Å². The lowest BCUT2D eigenvalue weighted by molar-refractivity contribution is -0.145. The van der Waals surface area contributed by atoms with Gasteiger partial charge in [-0.05, 0) is 38.5 Å². The van der Waals surface area contributed by atoms with Gasteiger partial charge in [0.05, 0.1) is 11.5 Å². The average Bonchev–Trinajstić information content (AvgIpc) is 3.19. The molecule has 2 rings (SSSR count). The Morgan fingerprint density at radius 1 is 1.30 bits per heavy atom. The molecule has 2 fully saturated rings. The molecule has 0 aromatic heterocycles. The van der Waals surface area contributed by atoms with Gasteiger partial charge >= 0.3 is 0 Å². The van der Waals surface area contributed by atoms with E-state index < -0.39 is 15.3 Å². The molecule has 1 aliphatic carbocycles. The summed E-state index contributed by atoms with van der Waals surface area (Å²) in [6.07, 6.45) is 2.49. The number of rotatable bonds is 7. The van der Waals surface area contributed by atoms with E-state index in [9.17, 15) is 18.0 Å². The molecule has 1 aliphatic heterocycles. The molecule has 6 nitrogen and oxygen atoms in total. The summed E-state index contributed by atoms with van der Waals surface area (Å²) in [6.45, 7) is 7.04. The number of nitrogens with zero attached hydrogens (tertiary/aromatic N) is 1. The van der Waals surface area contributed by atoms with E-state index in [1.807, 2.05) is 6.92 Å². The molecular formula is C16H28N2O4S. The molecule has 0 spiro atoms. The number of hydrogen-bond acceptors (Lipinski definition) is 4. The van der Waals surface area contributed by atoms with Crippen molar-refractivity contribution in [2.45, 2.75) is 52.5 Å². The quantitative estimate of drug-likeness (QED) is 0.698. The maximum absolute atomic E-state index is 12.9. The number of sulfone groups is 1. The van der Waals surface area contributed by atoms with E-state index in [2.05, 4.69) is 19.2 Å². The van der Waals surface area contributed by atoms with Crippen LogP contribution in [0.1, 0.15) is 46.5 Å².